The maximum absolute atomic E-state index is 5.14. The van der Waals surface area contributed by atoms with Crippen LogP contribution in [0.25, 0.3) is 11.3 Å². The zero-order valence-electron chi connectivity index (χ0n) is 7.45. The van der Waals surface area contributed by atoms with Crippen molar-refractivity contribution in [3.8, 4) is 17.0 Å². The number of hydrogen-bond acceptors (Lipinski definition) is 1. The van der Waals surface area contributed by atoms with E-state index in [9.17, 15) is 0 Å². The first-order valence-corrected chi connectivity index (χ1v) is 4.18. The summed E-state index contributed by atoms with van der Waals surface area (Å²) < 4.78 is 5.14. The summed E-state index contributed by atoms with van der Waals surface area (Å²) in [5.41, 5.74) is 2.25. The van der Waals surface area contributed by atoms with Crippen molar-refractivity contribution >= 4 is 0 Å². The first kappa shape index (κ1) is 7.92. The summed E-state index contributed by atoms with van der Waals surface area (Å²) in [5, 5.41) is 0. The summed E-state index contributed by atoms with van der Waals surface area (Å²) in [5.74, 6) is 0.882. The van der Waals surface area contributed by atoms with Crippen LogP contribution in [0.1, 0.15) is 0 Å². The average molecular weight is 173 g/mol. The Bertz CT molecular complexity index is 379. The van der Waals surface area contributed by atoms with Crippen LogP contribution in [-0.2, 0) is 0 Å². The standard InChI is InChI=1S/C11H11NO/c1-13-10-5-2-4-9(8-10)11-6-3-7-12-11/h2-8,12H,1H3. The maximum atomic E-state index is 5.14. The molecule has 1 N–H and O–H groups in total. The van der Waals surface area contributed by atoms with Gasteiger partial charge in [0.2, 0.25) is 0 Å². The zero-order chi connectivity index (χ0) is 9.10. The molecule has 66 valence electrons. The van der Waals surface area contributed by atoms with Gasteiger partial charge in [-0.3, -0.25) is 0 Å². The molecule has 0 unspecified atom stereocenters. The normalized spacial score (nSPS) is 9.92. The van der Waals surface area contributed by atoms with Crippen LogP contribution in [0.5, 0.6) is 5.75 Å². The van der Waals surface area contributed by atoms with Gasteiger partial charge in [-0.25, -0.2) is 0 Å². The van der Waals surface area contributed by atoms with Crippen LogP contribution in [0.3, 0.4) is 0 Å². The Morgan fingerprint density at radius 1 is 1.15 bits per heavy atom. The second-order valence-electron chi connectivity index (χ2n) is 2.82. The van der Waals surface area contributed by atoms with E-state index < -0.39 is 0 Å². The van der Waals surface area contributed by atoms with Crippen molar-refractivity contribution in [2.24, 2.45) is 0 Å². The van der Waals surface area contributed by atoms with Crippen molar-refractivity contribution in [3.63, 3.8) is 0 Å². The molecular formula is C11H11NO. The molecule has 0 atom stereocenters. The summed E-state index contributed by atoms with van der Waals surface area (Å²) in [6, 6.07) is 12.0. The van der Waals surface area contributed by atoms with Crippen LogP contribution in [0, 0.1) is 0 Å². The molecule has 0 aliphatic carbocycles. The van der Waals surface area contributed by atoms with E-state index in [2.05, 4.69) is 4.98 Å². The third kappa shape index (κ3) is 1.56. The quantitative estimate of drug-likeness (QED) is 0.742. The first-order chi connectivity index (χ1) is 6.40. The van der Waals surface area contributed by atoms with E-state index >= 15 is 0 Å². The van der Waals surface area contributed by atoms with Crippen molar-refractivity contribution in [2.45, 2.75) is 0 Å². The van der Waals surface area contributed by atoms with Gasteiger partial charge in [0.05, 0.1) is 7.11 Å². The molecule has 0 saturated heterocycles. The fourth-order valence-electron chi connectivity index (χ4n) is 1.30. The Balaban J connectivity index is 2.41. The van der Waals surface area contributed by atoms with Crippen molar-refractivity contribution < 1.29 is 4.74 Å². The number of benzene rings is 1. The highest BCUT2D eigenvalue weighted by Gasteiger charge is 1.98. The van der Waals surface area contributed by atoms with Gasteiger partial charge in [0.25, 0.3) is 0 Å². The minimum absolute atomic E-state index is 0.882. The monoisotopic (exact) mass is 173 g/mol. The summed E-state index contributed by atoms with van der Waals surface area (Å²) in [6.07, 6.45) is 1.91. The highest BCUT2D eigenvalue weighted by atomic mass is 16.5. The van der Waals surface area contributed by atoms with Gasteiger partial charge in [-0.05, 0) is 24.3 Å². The van der Waals surface area contributed by atoms with Gasteiger partial charge in [0, 0.05) is 17.5 Å². The van der Waals surface area contributed by atoms with Crippen LogP contribution in [0.2, 0.25) is 0 Å². The summed E-state index contributed by atoms with van der Waals surface area (Å²) in [4.78, 5) is 3.15. The molecule has 0 amide bonds. The van der Waals surface area contributed by atoms with Crippen LogP contribution in [0.15, 0.2) is 42.6 Å². The number of methoxy groups -OCH3 is 1. The van der Waals surface area contributed by atoms with E-state index in [4.69, 9.17) is 4.74 Å². The molecule has 1 aromatic heterocycles. The molecule has 0 fully saturated rings. The molecule has 0 saturated carbocycles. The lowest BCUT2D eigenvalue weighted by atomic mass is 10.1. The summed E-state index contributed by atoms with van der Waals surface area (Å²) in [6.45, 7) is 0. The van der Waals surface area contributed by atoms with E-state index in [0.717, 1.165) is 17.0 Å². The molecule has 2 aromatic rings. The fourth-order valence-corrected chi connectivity index (χ4v) is 1.30. The van der Waals surface area contributed by atoms with Gasteiger partial charge in [0.1, 0.15) is 5.75 Å². The highest BCUT2D eigenvalue weighted by Crippen LogP contribution is 2.21. The van der Waals surface area contributed by atoms with Crippen molar-refractivity contribution in [2.75, 3.05) is 7.11 Å². The number of ether oxygens (including phenoxy) is 1. The predicted molar refractivity (Wildman–Crippen MR) is 52.8 cm³/mol. The van der Waals surface area contributed by atoms with E-state index in [1.54, 1.807) is 7.11 Å². The number of nitrogens with one attached hydrogen (secondary N) is 1. The average Bonchev–Trinajstić information content (AvgIpc) is 2.71. The molecule has 2 rings (SSSR count). The van der Waals surface area contributed by atoms with Gasteiger partial charge in [-0.1, -0.05) is 12.1 Å². The summed E-state index contributed by atoms with van der Waals surface area (Å²) >= 11 is 0. The van der Waals surface area contributed by atoms with Gasteiger partial charge in [0.15, 0.2) is 0 Å². The topological polar surface area (TPSA) is 25.0 Å². The molecule has 13 heavy (non-hydrogen) atoms. The van der Waals surface area contributed by atoms with E-state index in [0.29, 0.717) is 0 Å². The van der Waals surface area contributed by atoms with Crippen molar-refractivity contribution in [3.05, 3.63) is 42.6 Å². The fraction of sp³-hybridized carbons (Fsp3) is 0.0909. The molecule has 0 bridgehead atoms. The number of aromatic amines is 1. The molecule has 0 aliphatic rings. The maximum Gasteiger partial charge on any atom is 0.119 e. The number of H-pyrrole nitrogens is 1. The molecule has 2 nitrogen and oxygen atoms in total. The van der Waals surface area contributed by atoms with Gasteiger partial charge >= 0.3 is 0 Å². The number of hydrogen-bond donors (Lipinski definition) is 1. The molecule has 1 heterocycles. The van der Waals surface area contributed by atoms with Crippen LogP contribution in [-0.4, -0.2) is 12.1 Å². The molecule has 2 heteroatoms. The Labute approximate surface area is 77.2 Å². The Morgan fingerprint density at radius 2 is 2.08 bits per heavy atom. The minimum atomic E-state index is 0.882. The molecule has 0 aliphatic heterocycles. The highest BCUT2D eigenvalue weighted by molar-refractivity contribution is 5.61. The van der Waals surface area contributed by atoms with Crippen LogP contribution < -0.4 is 4.74 Å². The second-order valence-corrected chi connectivity index (χ2v) is 2.82. The Kier molecular flexibility index (Phi) is 2.04. The molecule has 0 radical (unpaired) electrons. The van der Waals surface area contributed by atoms with Gasteiger partial charge in [-0.15, -0.1) is 0 Å². The lowest BCUT2D eigenvalue weighted by molar-refractivity contribution is 0.415. The Morgan fingerprint density at radius 3 is 2.77 bits per heavy atom. The third-order valence-electron chi connectivity index (χ3n) is 1.98. The summed E-state index contributed by atoms with van der Waals surface area (Å²) in [7, 11) is 1.67. The number of aromatic nitrogens is 1. The predicted octanol–water partition coefficient (Wildman–Crippen LogP) is 2.69. The molecular weight excluding hydrogens is 162 g/mol. The van der Waals surface area contributed by atoms with Crippen LogP contribution >= 0.6 is 0 Å². The lowest BCUT2D eigenvalue weighted by Gasteiger charge is -2.01. The third-order valence-corrected chi connectivity index (χ3v) is 1.98. The first-order valence-electron chi connectivity index (χ1n) is 4.18. The smallest absolute Gasteiger partial charge is 0.119 e. The van der Waals surface area contributed by atoms with E-state index in [1.807, 2.05) is 42.6 Å². The van der Waals surface area contributed by atoms with Crippen molar-refractivity contribution in [1.29, 1.82) is 0 Å². The minimum Gasteiger partial charge on any atom is -0.497 e. The lowest BCUT2D eigenvalue weighted by Crippen LogP contribution is -1.83. The molecule has 1 aromatic carbocycles. The SMILES string of the molecule is COc1cccc(-c2ccc[nH]2)c1. The van der Waals surface area contributed by atoms with Crippen molar-refractivity contribution in [1.82, 2.24) is 4.98 Å². The van der Waals surface area contributed by atoms with Gasteiger partial charge in [-0.2, -0.15) is 0 Å². The zero-order valence-corrected chi connectivity index (χ0v) is 7.45. The number of rotatable bonds is 2. The van der Waals surface area contributed by atoms with Crippen LogP contribution in [0.4, 0.5) is 0 Å². The Hall–Kier alpha value is -1.70. The van der Waals surface area contributed by atoms with E-state index in [1.165, 1.54) is 0 Å². The van der Waals surface area contributed by atoms with E-state index in [-0.39, 0.29) is 0 Å². The second kappa shape index (κ2) is 3.35. The largest absolute Gasteiger partial charge is 0.497 e. The van der Waals surface area contributed by atoms with Gasteiger partial charge < -0.3 is 9.72 Å². The molecule has 0 spiro atoms.